The number of benzene rings is 1. The van der Waals surface area contributed by atoms with Crippen LogP contribution in [0, 0.1) is 13.8 Å². The number of methoxy groups -OCH3 is 1. The van der Waals surface area contributed by atoms with Crippen molar-refractivity contribution in [2.75, 3.05) is 13.7 Å². The van der Waals surface area contributed by atoms with Crippen molar-refractivity contribution >= 4 is 0 Å². The minimum atomic E-state index is -0.531. The van der Waals surface area contributed by atoms with Gasteiger partial charge in [-0.25, -0.2) is 0 Å². The number of aliphatic hydroxyl groups is 1. The Labute approximate surface area is 97.2 Å². The van der Waals surface area contributed by atoms with Crippen LogP contribution in [0.5, 0.6) is 5.75 Å². The summed E-state index contributed by atoms with van der Waals surface area (Å²) < 4.78 is 5.35. The lowest BCUT2D eigenvalue weighted by Crippen LogP contribution is -2.26. The average Bonchev–Trinajstić information content (AvgIpc) is 2.30. The zero-order chi connectivity index (χ0) is 12.3. The standard InChI is InChI=1S/C13H21NO2/c1-8-5-11(10(3)12(15)7-14)13(16-4)6-9(8)2/h5-6,10,12,15H,7,14H2,1-4H3. The van der Waals surface area contributed by atoms with E-state index in [2.05, 4.69) is 13.0 Å². The summed E-state index contributed by atoms with van der Waals surface area (Å²) in [6.07, 6.45) is -0.531. The minimum Gasteiger partial charge on any atom is -0.496 e. The Morgan fingerprint density at radius 1 is 1.31 bits per heavy atom. The first-order chi connectivity index (χ1) is 7.51. The van der Waals surface area contributed by atoms with E-state index >= 15 is 0 Å². The molecule has 3 heteroatoms. The SMILES string of the molecule is COc1cc(C)c(C)cc1C(C)C(O)CN. The monoisotopic (exact) mass is 223 g/mol. The van der Waals surface area contributed by atoms with Crippen molar-refractivity contribution < 1.29 is 9.84 Å². The van der Waals surface area contributed by atoms with E-state index in [1.165, 1.54) is 11.1 Å². The molecule has 0 bridgehead atoms. The highest BCUT2D eigenvalue weighted by Crippen LogP contribution is 2.31. The van der Waals surface area contributed by atoms with Gasteiger partial charge in [-0.3, -0.25) is 0 Å². The van der Waals surface area contributed by atoms with Gasteiger partial charge in [0.15, 0.2) is 0 Å². The van der Waals surface area contributed by atoms with Crippen LogP contribution in [0.3, 0.4) is 0 Å². The molecule has 0 aliphatic carbocycles. The molecule has 1 aromatic carbocycles. The number of nitrogens with two attached hydrogens (primary N) is 1. The van der Waals surface area contributed by atoms with Crippen molar-refractivity contribution in [1.29, 1.82) is 0 Å². The van der Waals surface area contributed by atoms with Gasteiger partial charge in [0, 0.05) is 12.5 Å². The smallest absolute Gasteiger partial charge is 0.122 e. The van der Waals surface area contributed by atoms with Crippen LogP contribution in [0.4, 0.5) is 0 Å². The third-order valence-electron chi connectivity index (χ3n) is 3.16. The molecule has 3 N–H and O–H groups in total. The fourth-order valence-electron chi connectivity index (χ4n) is 1.76. The topological polar surface area (TPSA) is 55.5 Å². The van der Waals surface area contributed by atoms with Crippen LogP contribution in [0.2, 0.25) is 0 Å². The second-order valence-electron chi connectivity index (χ2n) is 4.27. The van der Waals surface area contributed by atoms with Crippen LogP contribution in [0.1, 0.15) is 29.5 Å². The maximum Gasteiger partial charge on any atom is 0.122 e. The molecule has 90 valence electrons. The normalized spacial score (nSPS) is 14.6. The lowest BCUT2D eigenvalue weighted by Gasteiger charge is -2.21. The fraction of sp³-hybridized carbons (Fsp3) is 0.538. The lowest BCUT2D eigenvalue weighted by molar-refractivity contribution is 0.156. The molecule has 0 saturated carbocycles. The molecule has 0 aromatic heterocycles. The Hall–Kier alpha value is -1.06. The molecule has 1 rings (SSSR count). The quantitative estimate of drug-likeness (QED) is 0.817. The number of rotatable bonds is 4. The lowest BCUT2D eigenvalue weighted by atomic mass is 9.91. The molecular weight excluding hydrogens is 202 g/mol. The van der Waals surface area contributed by atoms with Gasteiger partial charge in [0.2, 0.25) is 0 Å². The van der Waals surface area contributed by atoms with Crippen molar-refractivity contribution in [3.63, 3.8) is 0 Å². The molecule has 2 unspecified atom stereocenters. The predicted molar refractivity (Wildman–Crippen MR) is 65.9 cm³/mol. The molecule has 1 aromatic rings. The number of aliphatic hydroxyl groups excluding tert-OH is 1. The van der Waals surface area contributed by atoms with E-state index < -0.39 is 6.10 Å². The first-order valence-electron chi connectivity index (χ1n) is 5.54. The summed E-state index contributed by atoms with van der Waals surface area (Å²) in [5, 5.41) is 9.78. The molecule has 3 nitrogen and oxygen atoms in total. The van der Waals surface area contributed by atoms with Gasteiger partial charge in [0.25, 0.3) is 0 Å². The minimum absolute atomic E-state index is 0.0146. The van der Waals surface area contributed by atoms with E-state index in [-0.39, 0.29) is 12.5 Å². The number of ether oxygens (including phenoxy) is 1. The molecule has 0 aliphatic heterocycles. The van der Waals surface area contributed by atoms with Gasteiger partial charge in [-0.05, 0) is 36.6 Å². The zero-order valence-electron chi connectivity index (χ0n) is 10.4. The maximum absolute atomic E-state index is 9.78. The predicted octanol–water partition coefficient (Wildman–Crippen LogP) is 1.74. The van der Waals surface area contributed by atoms with Crippen molar-refractivity contribution in [3.05, 3.63) is 28.8 Å². The van der Waals surface area contributed by atoms with E-state index in [0.717, 1.165) is 11.3 Å². The number of aryl methyl sites for hydroxylation is 2. The van der Waals surface area contributed by atoms with Crippen molar-refractivity contribution in [2.24, 2.45) is 5.73 Å². The van der Waals surface area contributed by atoms with Gasteiger partial charge in [-0.2, -0.15) is 0 Å². The summed E-state index contributed by atoms with van der Waals surface area (Å²) in [5.41, 5.74) is 8.89. The summed E-state index contributed by atoms with van der Waals surface area (Å²) in [6, 6.07) is 4.07. The molecule has 0 spiro atoms. The molecule has 16 heavy (non-hydrogen) atoms. The van der Waals surface area contributed by atoms with Crippen LogP contribution in [0.15, 0.2) is 12.1 Å². The van der Waals surface area contributed by atoms with E-state index in [9.17, 15) is 5.11 Å². The molecule has 0 heterocycles. The average molecular weight is 223 g/mol. The van der Waals surface area contributed by atoms with Gasteiger partial charge in [-0.1, -0.05) is 13.0 Å². The van der Waals surface area contributed by atoms with Crippen LogP contribution in [-0.2, 0) is 0 Å². The van der Waals surface area contributed by atoms with Crippen LogP contribution >= 0.6 is 0 Å². The Morgan fingerprint density at radius 2 is 1.88 bits per heavy atom. The van der Waals surface area contributed by atoms with Gasteiger partial charge < -0.3 is 15.6 Å². The largest absolute Gasteiger partial charge is 0.496 e. The summed E-state index contributed by atoms with van der Waals surface area (Å²) in [6.45, 7) is 6.33. The van der Waals surface area contributed by atoms with E-state index in [4.69, 9.17) is 10.5 Å². The molecule has 0 amide bonds. The van der Waals surface area contributed by atoms with Gasteiger partial charge in [-0.15, -0.1) is 0 Å². The highest BCUT2D eigenvalue weighted by molar-refractivity contribution is 5.43. The highest BCUT2D eigenvalue weighted by Gasteiger charge is 2.19. The summed E-state index contributed by atoms with van der Waals surface area (Å²) in [4.78, 5) is 0. The first-order valence-corrected chi connectivity index (χ1v) is 5.54. The Balaban J connectivity index is 3.16. The van der Waals surface area contributed by atoms with E-state index in [1.54, 1.807) is 7.11 Å². The Morgan fingerprint density at radius 3 is 2.38 bits per heavy atom. The Kier molecular flexibility index (Phi) is 4.33. The zero-order valence-corrected chi connectivity index (χ0v) is 10.4. The molecular formula is C13H21NO2. The molecule has 0 aliphatic rings. The molecule has 0 saturated heterocycles. The maximum atomic E-state index is 9.78. The van der Waals surface area contributed by atoms with Crippen molar-refractivity contribution in [1.82, 2.24) is 0 Å². The first kappa shape index (κ1) is 13.0. The van der Waals surface area contributed by atoms with E-state index in [1.807, 2.05) is 19.9 Å². The van der Waals surface area contributed by atoms with E-state index in [0.29, 0.717) is 0 Å². The second-order valence-corrected chi connectivity index (χ2v) is 4.27. The van der Waals surface area contributed by atoms with Crippen LogP contribution < -0.4 is 10.5 Å². The second kappa shape index (κ2) is 5.32. The van der Waals surface area contributed by atoms with Gasteiger partial charge >= 0.3 is 0 Å². The van der Waals surface area contributed by atoms with Crippen LogP contribution in [0.25, 0.3) is 0 Å². The number of hydrogen-bond acceptors (Lipinski definition) is 3. The molecule has 0 fully saturated rings. The third kappa shape index (κ3) is 2.54. The summed E-state index contributed by atoms with van der Waals surface area (Å²) >= 11 is 0. The summed E-state index contributed by atoms with van der Waals surface area (Å²) in [7, 11) is 1.65. The van der Waals surface area contributed by atoms with Gasteiger partial charge in [0.05, 0.1) is 13.2 Å². The van der Waals surface area contributed by atoms with Crippen molar-refractivity contribution in [2.45, 2.75) is 32.8 Å². The number of hydrogen-bond donors (Lipinski definition) is 2. The Bertz CT molecular complexity index is 363. The third-order valence-corrected chi connectivity index (χ3v) is 3.16. The van der Waals surface area contributed by atoms with Gasteiger partial charge in [0.1, 0.15) is 5.75 Å². The fourth-order valence-corrected chi connectivity index (χ4v) is 1.76. The van der Waals surface area contributed by atoms with Crippen LogP contribution in [-0.4, -0.2) is 24.9 Å². The van der Waals surface area contributed by atoms with Crippen molar-refractivity contribution in [3.8, 4) is 5.75 Å². The summed E-state index contributed by atoms with van der Waals surface area (Å²) in [5.74, 6) is 0.808. The molecule has 0 radical (unpaired) electrons. The highest BCUT2D eigenvalue weighted by atomic mass is 16.5. The molecule has 2 atom stereocenters.